The fourth-order valence-corrected chi connectivity index (χ4v) is 4.49. The van der Waals surface area contributed by atoms with Crippen LogP contribution in [0.2, 0.25) is 0 Å². The van der Waals surface area contributed by atoms with Crippen molar-refractivity contribution < 1.29 is 14.6 Å². The van der Waals surface area contributed by atoms with Crippen molar-refractivity contribution in [1.82, 2.24) is 20.2 Å². The Morgan fingerprint density at radius 1 is 1.21 bits per heavy atom. The molecule has 2 aromatic rings. The van der Waals surface area contributed by atoms with Crippen LogP contribution in [0.4, 0.5) is 0 Å². The molecule has 0 saturated carbocycles. The molecule has 2 N–H and O–H groups in total. The van der Waals surface area contributed by atoms with E-state index in [0.29, 0.717) is 18.6 Å². The number of nitrogens with zero attached hydrogens (tertiary/aromatic N) is 3. The molecule has 2 fully saturated rings. The fourth-order valence-electron chi connectivity index (χ4n) is 4.49. The Morgan fingerprint density at radius 3 is 2.66 bits per heavy atom. The quantitative estimate of drug-likeness (QED) is 0.819. The van der Waals surface area contributed by atoms with E-state index in [1.54, 1.807) is 30.7 Å². The number of carbonyl (C=O) groups excluding carboxylic acids is 1. The van der Waals surface area contributed by atoms with E-state index in [-0.39, 0.29) is 5.91 Å². The highest BCUT2D eigenvalue weighted by Crippen LogP contribution is 2.40. The molecule has 2 aromatic heterocycles. The van der Waals surface area contributed by atoms with Crippen molar-refractivity contribution in [3.63, 3.8) is 0 Å². The standard InChI is InChI=1S/C22H28N4O3/c1-21(25-19(27)18-4-10-23-11-5-18)8-14-29-22(20(21)28)6-12-26(13-7-22)16-17-3-2-9-24-15-17/h2-5,9-11,15,20,28H,6-8,12-14,16H2,1H3,(H,25,27)/t20-,21+/m1/s1. The molecule has 0 aliphatic carbocycles. The topological polar surface area (TPSA) is 87.6 Å². The van der Waals surface area contributed by atoms with Gasteiger partial charge in [-0.3, -0.25) is 19.7 Å². The lowest BCUT2D eigenvalue weighted by Crippen LogP contribution is -2.69. The maximum Gasteiger partial charge on any atom is 0.251 e. The van der Waals surface area contributed by atoms with Crippen LogP contribution in [0.15, 0.2) is 49.1 Å². The summed E-state index contributed by atoms with van der Waals surface area (Å²) in [6, 6.07) is 7.38. The van der Waals surface area contributed by atoms with Gasteiger partial charge in [0.1, 0.15) is 6.10 Å². The van der Waals surface area contributed by atoms with Gasteiger partial charge >= 0.3 is 0 Å². The van der Waals surface area contributed by atoms with E-state index in [9.17, 15) is 9.90 Å². The number of pyridine rings is 2. The van der Waals surface area contributed by atoms with E-state index in [0.717, 1.165) is 32.5 Å². The molecule has 7 nitrogen and oxygen atoms in total. The number of likely N-dealkylation sites (tertiary alicyclic amines) is 1. The second-order valence-corrected chi connectivity index (χ2v) is 8.31. The molecule has 1 amide bonds. The third kappa shape index (κ3) is 4.17. The number of aromatic nitrogens is 2. The molecule has 0 radical (unpaired) electrons. The highest BCUT2D eigenvalue weighted by atomic mass is 16.5. The first-order valence-electron chi connectivity index (χ1n) is 10.2. The third-order valence-corrected chi connectivity index (χ3v) is 6.29. The number of rotatable bonds is 4. The summed E-state index contributed by atoms with van der Waals surface area (Å²) in [6.07, 6.45) is 8.13. The minimum Gasteiger partial charge on any atom is -0.388 e. The number of hydrogen-bond acceptors (Lipinski definition) is 6. The number of amides is 1. The van der Waals surface area contributed by atoms with Crippen molar-refractivity contribution in [3.8, 4) is 0 Å². The molecule has 2 atom stereocenters. The first-order chi connectivity index (χ1) is 14.0. The number of hydrogen-bond donors (Lipinski definition) is 2. The maximum atomic E-state index is 12.7. The van der Waals surface area contributed by atoms with E-state index in [2.05, 4.69) is 26.3 Å². The molecule has 2 saturated heterocycles. The smallest absolute Gasteiger partial charge is 0.251 e. The molecule has 7 heteroatoms. The first-order valence-corrected chi connectivity index (χ1v) is 10.2. The molecule has 154 valence electrons. The maximum absolute atomic E-state index is 12.7. The van der Waals surface area contributed by atoms with E-state index in [1.165, 1.54) is 5.56 Å². The van der Waals surface area contributed by atoms with Gasteiger partial charge in [0.2, 0.25) is 0 Å². The van der Waals surface area contributed by atoms with Crippen molar-refractivity contribution in [2.24, 2.45) is 0 Å². The van der Waals surface area contributed by atoms with Crippen LogP contribution in [-0.2, 0) is 11.3 Å². The normalized spacial score (nSPS) is 26.9. The van der Waals surface area contributed by atoms with Gasteiger partial charge in [-0.05, 0) is 49.9 Å². The molecule has 4 heterocycles. The Balaban J connectivity index is 1.42. The number of aliphatic hydroxyl groups is 1. The van der Waals surface area contributed by atoms with Crippen molar-refractivity contribution in [2.75, 3.05) is 19.7 Å². The molecule has 2 aliphatic rings. The van der Waals surface area contributed by atoms with Crippen LogP contribution >= 0.6 is 0 Å². The monoisotopic (exact) mass is 396 g/mol. The number of piperidine rings is 1. The van der Waals surface area contributed by atoms with Gasteiger partial charge in [-0.1, -0.05) is 6.07 Å². The van der Waals surface area contributed by atoms with Gasteiger partial charge in [-0.2, -0.15) is 0 Å². The Morgan fingerprint density at radius 2 is 1.97 bits per heavy atom. The van der Waals surface area contributed by atoms with E-state index < -0.39 is 17.2 Å². The van der Waals surface area contributed by atoms with Crippen LogP contribution in [0.5, 0.6) is 0 Å². The first kappa shape index (κ1) is 19.9. The lowest BCUT2D eigenvalue weighted by Gasteiger charge is -2.53. The lowest BCUT2D eigenvalue weighted by molar-refractivity contribution is -0.205. The lowest BCUT2D eigenvalue weighted by atomic mass is 9.73. The van der Waals surface area contributed by atoms with Crippen LogP contribution in [0.25, 0.3) is 0 Å². The number of aliphatic hydroxyl groups excluding tert-OH is 1. The predicted octanol–water partition coefficient (Wildman–Crippen LogP) is 1.78. The molecular formula is C22H28N4O3. The molecule has 2 aliphatic heterocycles. The summed E-state index contributed by atoms with van der Waals surface area (Å²) in [5.74, 6) is -0.194. The number of nitrogens with one attached hydrogen (secondary N) is 1. The summed E-state index contributed by atoms with van der Waals surface area (Å²) in [6.45, 7) is 4.95. The average Bonchev–Trinajstić information content (AvgIpc) is 2.75. The molecule has 0 unspecified atom stereocenters. The van der Waals surface area contributed by atoms with E-state index >= 15 is 0 Å². The van der Waals surface area contributed by atoms with Gasteiger partial charge in [0, 0.05) is 56.6 Å². The highest BCUT2D eigenvalue weighted by Gasteiger charge is 2.53. The van der Waals surface area contributed by atoms with Crippen molar-refractivity contribution in [1.29, 1.82) is 0 Å². The van der Waals surface area contributed by atoms with Crippen LogP contribution in [0, 0.1) is 0 Å². The van der Waals surface area contributed by atoms with Gasteiger partial charge in [0.15, 0.2) is 0 Å². The third-order valence-electron chi connectivity index (χ3n) is 6.29. The van der Waals surface area contributed by atoms with Gasteiger partial charge in [0.05, 0.1) is 11.1 Å². The molecule has 0 bridgehead atoms. The average molecular weight is 396 g/mol. The van der Waals surface area contributed by atoms with Crippen LogP contribution < -0.4 is 5.32 Å². The Bertz CT molecular complexity index is 824. The molecule has 0 aromatic carbocycles. The van der Waals surface area contributed by atoms with Crippen LogP contribution in [-0.4, -0.2) is 62.8 Å². The SMILES string of the molecule is C[C@]1(NC(=O)c2ccncc2)CCOC2(CCN(Cc3cccnc3)CC2)[C@@H]1O. The zero-order valence-corrected chi connectivity index (χ0v) is 16.8. The van der Waals surface area contributed by atoms with Gasteiger partial charge in [-0.25, -0.2) is 0 Å². The highest BCUT2D eigenvalue weighted by molar-refractivity contribution is 5.94. The summed E-state index contributed by atoms with van der Waals surface area (Å²) >= 11 is 0. The Kier molecular flexibility index (Phi) is 5.63. The van der Waals surface area contributed by atoms with Crippen molar-refractivity contribution in [3.05, 3.63) is 60.2 Å². The zero-order chi connectivity index (χ0) is 20.3. The summed E-state index contributed by atoms with van der Waals surface area (Å²) in [4.78, 5) is 23.2. The molecule has 1 spiro atoms. The second kappa shape index (κ2) is 8.18. The second-order valence-electron chi connectivity index (χ2n) is 8.31. The van der Waals surface area contributed by atoms with Gasteiger partial charge in [-0.15, -0.1) is 0 Å². The molecule has 4 rings (SSSR count). The summed E-state index contributed by atoms with van der Waals surface area (Å²) in [7, 11) is 0. The predicted molar refractivity (Wildman–Crippen MR) is 108 cm³/mol. The molecular weight excluding hydrogens is 368 g/mol. The minimum absolute atomic E-state index is 0.194. The van der Waals surface area contributed by atoms with Gasteiger partial charge < -0.3 is 15.2 Å². The number of carbonyl (C=O) groups is 1. The fraction of sp³-hybridized carbons (Fsp3) is 0.500. The van der Waals surface area contributed by atoms with E-state index in [1.807, 2.05) is 19.2 Å². The summed E-state index contributed by atoms with van der Waals surface area (Å²) in [5.41, 5.74) is 0.372. The molecule has 29 heavy (non-hydrogen) atoms. The van der Waals surface area contributed by atoms with Crippen LogP contribution in [0.3, 0.4) is 0 Å². The van der Waals surface area contributed by atoms with Crippen molar-refractivity contribution >= 4 is 5.91 Å². The van der Waals surface area contributed by atoms with Gasteiger partial charge in [0.25, 0.3) is 5.91 Å². The zero-order valence-electron chi connectivity index (χ0n) is 16.8. The Hall–Kier alpha value is -2.35. The summed E-state index contributed by atoms with van der Waals surface area (Å²) < 4.78 is 6.15. The number of ether oxygens (including phenoxy) is 1. The summed E-state index contributed by atoms with van der Waals surface area (Å²) in [5, 5.41) is 14.4. The van der Waals surface area contributed by atoms with Crippen LogP contribution in [0.1, 0.15) is 42.1 Å². The van der Waals surface area contributed by atoms with Crippen molar-refractivity contribution in [2.45, 2.75) is 50.0 Å². The van der Waals surface area contributed by atoms with E-state index in [4.69, 9.17) is 4.74 Å². The minimum atomic E-state index is -0.768. The largest absolute Gasteiger partial charge is 0.388 e. The Labute approximate surface area is 171 Å².